The molecule has 0 saturated heterocycles. The molecule has 1 aliphatic carbocycles. The third kappa shape index (κ3) is 2.21. The zero-order chi connectivity index (χ0) is 8.10. The molecule has 0 unspecified atom stereocenters. The molecule has 2 nitrogen and oxygen atoms in total. The molecule has 56 valence electrons. The molecule has 0 fully saturated rings. The molecule has 0 aromatic carbocycles. The van der Waals surface area contributed by atoms with Crippen molar-refractivity contribution in [3.8, 4) is 6.19 Å². The minimum atomic E-state index is 0.524. The highest BCUT2D eigenvalue weighted by Gasteiger charge is 2.00. The van der Waals surface area contributed by atoms with Crippen molar-refractivity contribution in [1.29, 1.82) is 5.26 Å². The van der Waals surface area contributed by atoms with Crippen molar-refractivity contribution in [2.45, 2.75) is 6.42 Å². The maximum absolute atomic E-state index is 8.22. The fraction of sp³-hybridized carbons (Fsp3) is 0.250. The molecule has 0 heterocycles. The molecule has 1 rings (SSSR count). The van der Waals surface area contributed by atoms with Gasteiger partial charge in [-0.25, -0.2) is 0 Å². The Morgan fingerprint density at radius 2 is 2.45 bits per heavy atom. The van der Waals surface area contributed by atoms with Gasteiger partial charge in [-0.3, -0.25) is 0 Å². The topological polar surface area (TPSA) is 36.1 Å². The van der Waals surface area contributed by atoms with E-state index < -0.39 is 0 Å². The van der Waals surface area contributed by atoms with Crippen LogP contribution in [0.2, 0.25) is 0 Å². The number of halogens is 1. The SMILES string of the molecule is N#CN=C1C=CC(CCl)=CC1. The number of allylic oxidation sites excluding steroid dienone is 4. The summed E-state index contributed by atoms with van der Waals surface area (Å²) in [6, 6.07) is 0. The fourth-order valence-corrected chi connectivity index (χ4v) is 1.02. The lowest BCUT2D eigenvalue weighted by Crippen LogP contribution is -1.97. The van der Waals surface area contributed by atoms with Crippen LogP contribution in [-0.2, 0) is 0 Å². The molecule has 0 saturated carbocycles. The molecule has 0 spiro atoms. The van der Waals surface area contributed by atoms with E-state index in [1.54, 1.807) is 6.19 Å². The molecule has 0 amide bonds. The Morgan fingerprint density at radius 1 is 1.64 bits per heavy atom. The van der Waals surface area contributed by atoms with Crippen LogP contribution in [0.15, 0.2) is 28.8 Å². The Labute approximate surface area is 70.5 Å². The Bertz CT molecular complexity index is 268. The maximum atomic E-state index is 8.22. The van der Waals surface area contributed by atoms with Gasteiger partial charge in [0.2, 0.25) is 6.19 Å². The predicted octanol–water partition coefficient (Wildman–Crippen LogP) is 2.03. The summed E-state index contributed by atoms with van der Waals surface area (Å²) in [5, 5.41) is 8.22. The van der Waals surface area contributed by atoms with Crippen molar-refractivity contribution in [3.63, 3.8) is 0 Å². The normalized spacial score (nSPS) is 19.6. The predicted molar refractivity (Wildman–Crippen MR) is 45.6 cm³/mol. The first-order valence-electron chi connectivity index (χ1n) is 3.25. The Balaban J connectivity index is 2.66. The number of aliphatic imine (C=N–C) groups is 1. The smallest absolute Gasteiger partial charge is 0.178 e. The highest BCUT2D eigenvalue weighted by molar-refractivity contribution is 6.20. The maximum Gasteiger partial charge on any atom is 0.205 e. The van der Waals surface area contributed by atoms with Gasteiger partial charge < -0.3 is 0 Å². The molecule has 0 bridgehead atoms. The van der Waals surface area contributed by atoms with Gasteiger partial charge in [-0.2, -0.15) is 10.3 Å². The lowest BCUT2D eigenvalue weighted by molar-refractivity contribution is 1.33. The van der Waals surface area contributed by atoms with Gasteiger partial charge in [-0.05, 0) is 11.6 Å². The second kappa shape index (κ2) is 3.95. The largest absolute Gasteiger partial charge is 0.205 e. The van der Waals surface area contributed by atoms with Crippen molar-refractivity contribution < 1.29 is 0 Å². The molecule has 0 atom stereocenters. The van der Waals surface area contributed by atoms with Gasteiger partial charge in [-0.15, -0.1) is 11.6 Å². The molecule has 0 aromatic rings. The van der Waals surface area contributed by atoms with Crippen LogP contribution in [0.1, 0.15) is 6.42 Å². The summed E-state index contributed by atoms with van der Waals surface area (Å²) in [5.74, 6) is 0.524. The van der Waals surface area contributed by atoms with Gasteiger partial charge in [0.15, 0.2) is 0 Å². The number of nitriles is 1. The zero-order valence-electron chi connectivity index (χ0n) is 5.92. The van der Waals surface area contributed by atoms with Gasteiger partial charge in [-0.1, -0.05) is 12.2 Å². The van der Waals surface area contributed by atoms with E-state index in [1.165, 1.54) is 0 Å². The molecule has 3 heteroatoms. The first kappa shape index (κ1) is 8.03. The van der Waals surface area contributed by atoms with E-state index in [0.29, 0.717) is 12.3 Å². The molecular formula is C8H7ClN2. The molecule has 0 aliphatic heterocycles. The third-order valence-electron chi connectivity index (χ3n) is 1.41. The fourth-order valence-electron chi connectivity index (χ4n) is 0.821. The summed E-state index contributed by atoms with van der Waals surface area (Å²) in [7, 11) is 0. The average Bonchev–Trinajstić information content (AvgIpc) is 2.07. The van der Waals surface area contributed by atoms with Gasteiger partial charge in [0.25, 0.3) is 0 Å². The molecule has 0 radical (unpaired) electrons. The van der Waals surface area contributed by atoms with Crippen LogP contribution >= 0.6 is 11.6 Å². The van der Waals surface area contributed by atoms with E-state index in [1.807, 2.05) is 18.2 Å². The highest BCUT2D eigenvalue weighted by atomic mass is 35.5. The summed E-state index contributed by atoms with van der Waals surface area (Å²) < 4.78 is 0. The second-order valence-electron chi connectivity index (χ2n) is 2.15. The van der Waals surface area contributed by atoms with Crippen molar-refractivity contribution in [2.75, 3.05) is 5.88 Å². The van der Waals surface area contributed by atoms with Crippen LogP contribution in [0.5, 0.6) is 0 Å². The van der Waals surface area contributed by atoms with Gasteiger partial charge in [0, 0.05) is 12.3 Å². The molecule has 0 aromatic heterocycles. The standard InChI is InChI=1S/C8H7ClN2/c9-5-7-1-3-8(4-2-7)11-6-10/h1-3H,4-5H2. The van der Waals surface area contributed by atoms with E-state index in [0.717, 1.165) is 11.3 Å². The quantitative estimate of drug-likeness (QED) is 0.434. The second-order valence-corrected chi connectivity index (χ2v) is 2.42. The number of alkyl halides is 1. The molecule has 0 N–H and O–H groups in total. The number of hydrogen-bond donors (Lipinski definition) is 0. The minimum Gasteiger partial charge on any atom is -0.178 e. The molecule has 11 heavy (non-hydrogen) atoms. The summed E-state index contributed by atoms with van der Waals surface area (Å²) >= 11 is 5.58. The van der Waals surface area contributed by atoms with Crippen LogP contribution in [0, 0.1) is 11.5 Å². The van der Waals surface area contributed by atoms with Crippen LogP contribution in [0.3, 0.4) is 0 Å². The molecular weight excluding hydrogens is 160 g/mol. The van der Waals surface area contributed by atoms with Gasteiger partial charge in [0.05, 0.1) is 5.71 Å². The van der Waals surface area contributed by atoms with Crippen molar-refractivity contribution in [1.82, 2.24) is 0 Å². The van der Waals surface area contributed by atoms with Crippen LogP contribution in [-0.4, -0.2) is 11.6 Å². The highest BCUT2D eigenvalue weighted by Crippen LogP contribution is 2.09. The van der Waals surface area contributed by atoms with Crippen molar-refractivity contribution in [3.05, 3.63) is 23.8 Å². The summed E-state index contributed by atoms with van der Waals surface area (Å²) in [6.45, 7) is 0. The van der Waals surface area contributed by atoms with E-state index in [4.69, 9.17) is 16.9 Å². The minimum absolute atomic E-state index is 0.524. The lowest BCUT2D eigenvalue weighted by atomic mass is 10.1. The lowest BCUT2D eigenvalue weighted by Gasteiger charge is -2.02. The average molecular weight is 167 g/mol. The molecule has 1 aliphatic rings. The summed E-state index contributed by atoms with van der Waals surface area (Å²) in [5.41, 5.74) is 1.88. The van der Waals surface area contributed by atoms with Crippen LogP contribution in [0.25, 0.3) is 0 Å². The van der Waals surface area contributed by atoms with Crippen molar-refractivity contribution >= 4 is 17.3 Å². The monoisotopic (exact) mass is 166 g/mol. The van der Waals surface area contributed by atoms with E-state index in [2.05, 4.69) is 4.99 Å². The number of nitrogens with zero attached hydrogens (tertiary/aromatic N) is 2. The van der Waals surface area contributed by atoms with Gasteiger partial charge in [0.1, 0.15) is 0 Å². The zero-order valence-corrected chi connectivity index (χ0v) is 6.67. The first-order valence-corrected chi connectivity index (χ1v) is 3.79. The van der Waals surface area contributed by atoms with Crippen molar-refractivity contribution in [2.24, 2.45) is 4.99 Å². The first-order chi connectivity index (χ1) is 5.36. The van der Waals surface area contributed by atoms with E-state index >= 15 is 0 Å². The Morgan fingerprint density at radius 3 is 2.91 bits per heavy atom. The van der Waals surface area contributed by atoms with Crippen LogP contribution in [0.4, 0.5) is 0 Å². The third-order valence-corrected chi connectivity index (χ3v) is 1.72. The summed E-state index contributed by atoms with van der Waals surface area (Å²) in [6.07, 6.45) is 8.14. The summed E-state index contributed by atoms with van der Waals surface area (Å²) in [4.78, 5) is 3.60. The van der Waals surface area contributed by atoms with Crippen LogP contribution < -0.4 is 0 Å². The van der Waals surface area contributed by atoms with Gasteiger partial charge >= 0.3 is 0 Å². The number of hydrogen-bond acceptors (Lipinski definition) is 2. The number of rotatable bonds is 1. The van der Waals surface area contributed by atoms with E-state index in [-0.39, 0.29) is 0 Å². The Hall–Kier alpha value is -1.07. The van der Waals surface area contributed by atoms with E-state index in [9.17, 15) is 0 Å². The Kier molecular flexibility index (Phi) is 2.88.